The molecule has 6 nitrogen and oxygen atoms in total. The van der Waals surface area contributed by atoms with Crippen LogP contribution in [0.1, 0.15) is 20.7 Å². The fourth-order valence-corrected chi connectivity index (χ4v) is 1.34. The Morgan fingerprint density at radius 2 is 2.17 bits per heavy atom. The zero-order valence-electron chi connectivity index (χ0n) is 8.98. The molecule has 0 aliphatic carbocycles. The summed E-state index contributed by atoms with van der Waals surface area (Å²) >= 11 is 0. The van der Waals surface area contributed by atoms with E-state index in [1.165, 1.54) is 18.5 Å². The number of H-pyrrole nitrogens is 1. The summed E-state index contributed by atoms with van der Waals surface area (Å²) in [5, 5.41) is 17.1. The van der Waals surface area contributed by atoms with Gasteiger partial charge in [-0.1, -0.05) is 0 Å². The maximum atomic E-state index is 13.3. The maximum absolute atomic E-state index is 13.3. The number of benzene rings is 1. The molecule has 18 heavy (non-hydrogen) atoms. The number of aromatic nitrogens is 2. The summed E-state index contributed by atoms with van der Waals surface area (Å²) < 4.78 is 13.3. The third-order valence-electron chi connectivity index (χ3n) is 2.22. The molecule has 1 heterocycles. The number of nitrogens with zero attached hydrogens (tertiary/aromatic N) is 1. The fourth-order valence-electron chi connectivity index (χ4n) is 1.34. The molecule has 0 spiro atoms. The summed E-state index contributed by atoms with van der Waals surface area (Å²) in [6, 6.07) is 3.34. The first-order valence-electron chi connectivity index (χ1n) is 4.91. The Morgan fingerprint density at radius 3 is 2.72 bits per heavy atom. The van der Waals surface area contributed by atoms with Crippen molar-refractivity contribution in [3.05, 3.63) is 47.5 Å². The number of nitrogens with one attached hydrogen (secondary N) is 2. The van der Waals surface area contributed by atoms with E-state index < -0.39 is 23.3 Å². The molecule has 1 amide bonds. The summed E-state index contributed by atoms with van der Waals surface area (Å²) in [6.07, 6.45) is 2.70. The Hall–Kier alpha value is -2.70. The van der Waals surface area contributed by atoms with E-state index in [0.717, 1.165) is 12.1 Å². The molecule has 1 aromatic heterocycles. The minimum atomic E-state index is -1.36. The van der Waals surface area contributed by atoms with Gasteiger partial charge in [-0.25, -0.2) is 9.18 Å². The molecule has 2 rings (SSSR count). The van der Waals surface area contributed by atoms with Gasteiger partial charge in [0.15, 0.2) is 0 Å². The van der Waals surface area contributed by atoms with E-state index in [0.29, 0.717) is 0 Å². The van der Waals surface area contributed by atoms with Crippen LogP contribution in [0.15, 0.2) is 30.6 Å². The van der Waals surface area contributed by atoms with E-state index in [1.807, 2.05) is 0 Å². The first-order chi connectivity index (χ1) is 8.58. The summed E-state index contributed by atoms with van der Waals surface area (Å²) in [7, 11) is 0. The fraction of sp³-hybridized carbons (Fsp3) is 0. The standard InChI is InChI=1S/C11H8FN3O3/c12-9-3-7(1-2-8(9)11(17)18)15-10(16)6-4-13-14-5-6/h1-5H,(H,13,14)(H,15,16)(H,17,18). The Balaban J connectivity index is 2.18. The minimum Gasteiger partial charge on any atom is -0.478 e. The van der Waals surface area contributed by atoms with Crippen molar-refractivity contribution < 1.29 is 19.1 Å². The third kappa shape index (κ3) is 2.34. The van der Waals surface area contributed by atoms with E-state index in [1.54, 1.807) is 0 Å². The van der Waals surface area contributed by atoms with Crippen molar-refractivity contribution in [3.8, 4) is 0 Å². The molecule has 0 aliphatic rings. The van der Waals surface area contributed by atoms with Gasteiger partial charge >= 0.3 is 5.97 Å². The molecule has 0 saturated carbocycles. The van der Waals surface area contributed by atoms with E-state index in [2.05, 4.69) is 15.5 Å². The lowest BCUT2D eigenvalue weighted by molar-refractivity contribution is 0.0692. The highest BCUT2D eigenvalue weighted by atomic mass is 19.1. The van der Waals surface area contributed by atoms with Gasteiger partial charge in [0, 0.05) is 11.9 Å². The van der Waals surface area contributed by atoms with Crippen molar-refractivity contribution in [1.29, 1.82) is 0 Å². The van der Waals surface area contributed by atoms with Crippen LogP contribution in [-0.4, -0.2) is 27.2 Å². The maximum Gasteiger partial charge on any atom is 0.338 e. The van der Waals surface area contributed by atoms with Crippen LogP contribution in [0, 0.1) is 5.82 Å². The first kappa shape index (κ1) is 11.8. The molecule has 0 unspecified atom stereocenters. The quantitative estimate of drug-likeness (QED) is 0.768. The number of rotatable bonds is 3. The predicted octanol–water partition coefficient (Wildman–Crippen LogP) is 1.50. The van der Waals surface area contributed by atoms with Crippen molar-refractivity contribution >= 4 is 17.6 Å². The zero-order valence-corrected chi connectivity index (χ0v) is 8.98. The highest BCUT2D eigenvalue weighted by molar-refractivity contribution is 6.04. The number of hydrogen-bond acceptors (Lipinski definition) is 3. The number of hydrogen-bond donors (Lipinski definition) is 3. The number of carboxylic acids is 1. The molecule has 0 saturated heterocycles. The molecule has 1 aromatic carbocycles. The lowest BCUT2D eigenvalue weighted by Crippen LogP contribution is -2.11. The molecule has 0 atom stereocenters. The molecule has 92 valence electrons. The van der Waals surface area contributed by atoms with Gasteiger partial charge in [-0.2, -0.15) is 5.10 Å². The van der Waals surface area contributed by atoms with Gasteiger partial charge in [0.1, 0.15) is 5.82 Å². The van der Waals surface area contributed by atoms with Crippen LogP contribution in [-0.2, 0) is 0 Å². The van der Waals surface area contributed by atoms with Gasteiger partial charge in [-0.05, 0) is 18.2 Å². The smallest absolute Gasteiger partial charge is 0.338 e. The summed E-state index contributed by atoms with van der Waals surface area (Å²) in [6.45, 7) is 0. The predicted molar refractivity (Wildman–Crippen MR) is 59.9 cm³/mol. The van der Waals surface area contributed by atoms with Crippen LogP contribution in [0.3, 0.4) is 0 Å². The third-order valence-corrected chi connectivity index (χ3v) is 2.22. The molecular formula is C11H8FN3O3. The molecule has 0 bridgehead atoms. The number of halogens is 1. The van der Waals surface area contributed by atoms with Crippen molar-refractivity contribution in [2.45, 2.75) is 0 Å². The van der Waals surface area contributed by atoms with Crippen LogP contribution in [0.2, 0.25) is 0 Å². The minimum absolute atomic E-state index is 0.170. The van der Waals surface area contributed by atoms with E-state index in [4.69, 9.17) is 5.11 Å². The van der Waals surface area contributed by atoms with Crippen molar-refractivity contribution in [1.82, 2.24) is 10.2 Å². The van der Waals surface area contributed by atoms with Crippen molar-refractivity contribution in [3.63, 3.8) is 0 Å². The Morgan fingerprint density at radius 1 is 1.39 bits per heavy atom. The molecule has 0 aliphatic heterocycles. The van der Waals surface area contributed by atoms with Crippen molar-refractivity contribution in [2.75, 3.05) is 5.32 Å². The summed E-state index contributed by atoms with van der Waals surface area (Å²) in [5.41, 5.74) is 0.0118. The van der Waals surface area contributed by atoms with Crippen molar-refractivity contribution in [2.24, 2.45) is 0 Å². The molecule has 3 N–H and O–H groups in total. The van der Waals surface area contributed by atoms with Gasteiger partial charge < -0.3 is 10.4 Å². The first-order valence-corrected chi connectivity index (χ1v) is 4.91. The zero-order chi connectivity index (χ0) is 13.1. The lowest BCUT2D eigenvalue weighted by Gasteiger charge is -2.04. The number of carboxylic acid groups (broad SMARTS) is 1. The average molecular weight is 249 g/mol. The Labute approximate surface area is 100 Å². The lowest BCUT2D eigenvalue weighted by atomic mass is 10.2. The van der Waals surface area contributed by atoms with Gasteiger partial charge in [0.05, 0.1) is 17.3 Å². The highest BCUT2D eigenvalue weighted by Crippen LogP contribution is 2.15. The summed E-state index contributed by atoms with van der Waals surface area (Å²) in [4.78, 5) is 22.2. The Kier molecular flexibility index (Phi) is 3.05. The number of carbonyl (C=O) groups is 2. The van der Waals surface area contributed by atoms with Gasteiger partial charge in [-0.3, -0.25) is 9.89 Å². The topological polar surface area (TPSA) is 95.1 Å². The molecule has 2 aromatic rings. The normalized spacial score (nSPS) is 10.1. The van der Waals surface area contributed by atoms with E-state index >= 15 is 0 Å². The van der Waals surface area contributed by atoms with Crippen LogP contribution >= 0.6 is 0 Å². The van der Waals surface area contributed by atoms with Crippen LogP contribution in [0.25, 0.3) is 0 Å². The second-order valence-corrected chi connectivity index (χ2v) is 3.44. The molecule has 7 heteroatoms. The molecule has 0 radical (unpaired) electrons. The number of aromatic carboxylic acids is 1. The van der Waals surface area contributed by atoms with E-state index in [9.17, 15) is 14.0 Å². The van der Waals surface area contributed by atoms with E-state index in [-0.39, 0.29) is 11.3 Å². The molecular weight excluding hydrogens is 241 g/mol. The SMILES string of the molecule is O=C(Nc1ccc(C(=O)O)c(F)c1)c1cn[nH]c1. The number of anilines is 1. The van der Waals surface area contributed by atoms with Crippen LogP contribution < -0.4 is 5.32 Å². The Bertz CT molecular complexity index is 596. The van der Waals surface area contributed by atoms with Gasteiger partial charge in [0.25, 0.3) is 5.91 Å². The van der Waals surface area contributed by atoms with Gasteiger partial charge in [-0.15, -0.1) is 0 Å². The second kappa shape index (κ2) is 4.66. The average Bonchev–Trinajstić information content (AvgIpc) is 2.81. The number of aromatic amines is 1. The van der Waals surface area contributed by atoms with Crippen LogP contribution in [0.4, 0.5) is 10.1 Å². The number of amides is 1. The molecule has 0 fully saturated rings. The largest absolute Gasteiger partial charge is 0.478 e. The highest BCUT2D eigenvalue weighted by Gasteiger charge is 2.12. The monoisotopic (exact) mass is 249 g/mol. The van der Waals surface area contributed by atoms with Crippen LogP contribution in [0.5, 0.6) is 0 Å². The second-order valence-electron chi connectivity index (χ2n) is 3.44. The summed E-state index contributed by atoms with van der Waals surface area (Å²) in [5.74, 6) is -2.74. The van der Waals surface area contributed by atoms with Gasteiger partial charge in [0.2, 0.25) is 0 Å². The number of carbonyl (C=O) groups excluding carboxylic acids is 1.